The number of amides is 2. The van der Waals surface area contributed by atoms with E-state index in [1.807, 2.05) is 66.1 Å². The number of nitrogens with one attached hydrogen (secondary N) is 2. The van der Waals surface area contributed by atoms with Crippen molar-refractivity contribution < 1.29 is 9.59 Å². The first-order valence-corrected chi connectivity index (χ1v) is 10.9. The third-order valence-electron chi connectivity index (χ3n) is 4.41. The summed E-state index contributed by atoms with van der Waals surface area (Å²) >= 11 is 1.30. The first kappa shape index (κ1) is 22.3. The lowest BCUT2D eigenvalue weighted by Crippen LogP contribution is -2.15. The summed E-state index contributed by atoms with van der Waals surface area (Å²) in [5.41, 5.74) is 2.65. The Morgan fingerprint density at radius 3 is 2.39 bits per heavy atom. The molecule has 1 heterocycles. The summed E-state index contributed by atoms with van der Waals surface area (Å²) in [6.45, 7) is 6.28. The van der Waals surface area contributed by atoms with Gasteiger partial charge >= 0.3 is 0 Å². The van der Waals surface area contributed by atoms with Crippen molar-refractivity contribution >= 4 is 35.0 Å². The van der Waals surface area contributed by atoms with Gasteiger partial charge in [-0.15, -0.1) is 16.8 Å². The maximum absolute atomic E-state index is 12.3. The second kappa shape index (κ2) is 11.1. The van der Waals surface area contributed by atoms with E-state index >= 15 is 0 Å². The Morgan fingerprint density at radius 1 is 1.00 bits per heavy atom. The van der Waals surface area contributed by atoms with Gasteiger partial charge in [-0.05, 0) is 31.2 Å². The third kappa shape index (κ3) is 6.82. The fourth-order valence-corrected chi connectivity index (χ4v) is 3.62. The van der Waals surface area contributed by atoms with Crippen molar-refractivity contribution in [1.29, 1.82) is 0 Å². The lowest BCUT2D eigenvalue weighted by atomic mass is 10.2. The summed E-state index contributed by atoms with van der Waals surface area (Å²) in [7, 11) is 0. The van der Waals surface area contributed by atoms with E-state index in [0.29, 0.717) is 23.9 Å². The highest BCUT2D eigenvalue weighted by Gasteiger charge is 2.15. The molecule has 7 nitrogen and oxygen atoms in total. The summed E-state index contributed by atoms with van der Waals surface area (Å²) < 4.78 is 1.88. The van der Waals surface area contributed by atoms with Crippen LogP contribution >= 0.6 is 11.8 Å². The van der Waals surface area contributed by atoms with E-state index in [2.05, 4.69) is 27.4 Å². The van der Waals surface area contributed by atoms with Gasteiger partial charge in [0.15, 0.2) is 5.16 Å². The van der Waals surface area contributed by atoms with Gasteiger partial charge in [-0.2, -0.15) is 0 Å². The highest BCUT2D eigenvalue weighted by atomic mass is 32.2. The number of benzene rings is 2. The molecule has 160 valence electrons. The SMILES string of the molecule is C=CCn1c(CCC(=O)Nc2ccccc2)nnc1SCC(=O)Nc1ccc(C)cc1. The van der Waals surface area contributed by atoms with Crippen LogP contribution in [0, 0.1) is 6.92 Å². The van der Waals surface area contributed by atoms with Crippen molar-refractivity contribution in [2.45, 2.75) is 31.5 Å². The average Bonchev–Trinajstić information content (AvgIpc) is 3.15. The molecular weight excluding hydrogens is 410 g/mol. The maximum Gasteiger partial charge on any atom is 0.234 e. The molecule has 0 unspecified atom stereocenters. The number of thioether (sulfide) groups is 1. The lowest BCUT2D eigenvalue weighted by molar-refractivity contribution is -0.116. The molecule has 3 aromatic rings. The number of para-hydroxylation sites is 1. The Morgan fingerprint density at radius 2 is 1.68 bits per heavy atom. The number of aryl methyl sites for hydroxylation is 2. The number of anilines is 2. The van der Waals surface area contributed by atoms with E-state index in [1.54, 1.807) is 6.08 Å². The molecule has 2 N–H and O–H groups in total. The number of rotatable bonds is 10. The molecule has 0 radical (unpaired) electrons. The van der Waals surface area contributed by atoms with Crippen LogP contribution in [0.15, 0.2) is 72.4 Å². The molecule has 3 rings (SSSR count). The quantitative estimate of drug-likeness (QED) is 0.370. The number of carbonyl (C=O) groups is 2. The molecule has 0 spiro atoms. The second-order valence-corrected chi connectivity index (χ2v) is 7.86. The van der Waals surface area contributed by atoms with Crippen molar-refractivity contribution in [3.05, 3.63) is 78.6 Å². The number of nitrogens with zero attached hydrogens (tertiary/aromatic N) is 3. The van der Waals surface area contributed by atoms with Crippen LogP contribution in [0.4, 0.5) is 11.4 Å². The van der Waals surface area contributed by atoms with Gasteiger partial charge in [0.1, 0.15) is 5.82 Å². The van der Waals surface area contributed by atoms with Crippen LogP contribution < -0.4 is 10.6 Å². The third-order valence-corrected chi connectivity index (χ3v) is 5.37. The fraction of sp³-hybridized carbons (Fsp3) is 0.217. The average molecular weight is 436 g/mol. The normalized spacial score (nSPS) is 10.5. The first-order valence-electron chi connectivity index (χ1n) is 9.92. The van der Waals surface area contributed by atoms with Crippen molar-refractivity contribution in [1.82, 2.24) is 14.8 Å². The van der Waals surface area contributed by atoms with Gasteiger partial charge in [0.05, 0.1) is 5.75 Å². The molecule has 2 amide bonds. The number of allylic oxidation sites excluding steroid dienone is 1. The van der Waals surface area contributed by atoms with Crippen LogP contribution in [-0.4, -0.2) is 32.3 Å². The van der Waals surface area contributed by atoms with Crippen LogP contribution in [-0.2, 0) is 22.6 Å². The minimum absolute atomic E-state index is 0.0916. The minimum Gasteiger partial charge on any atom is -0.326 e. The fourth-order valence-electron chi connectivity index (χ4n) is 2.86. The van der Waals surface area contributed by atoms with Gasteiger partial charge in [-0.25, -0.2) is 0 Å². The number of carbonyl (C=O) groups excluding carboxylic acids is 2. The Hall–Kier alpha value is -3.39. The first-order chi connectivity index (χ1) is 15.0. The molecule has 0 atom stereocenters. The molecule has 0 bridgehead atoms. The Labute approximate surface area is 186 Å². The molecular formula is C23H25N5O2S. The zero-order chi connectivity index (χ0) is 22.1. The van der Waals surface area contributed by atoms with E-state index in [0.717, 1.165) is 16.9 Å². The van der Waals surface area contributed by atoms with Crippen LogP contribution in [0.2, 0.25) is 0 Å². The predicted octanol–water partition coefficient (Wildman–Crippen LogP) is 4.07. The molecule has 31 heavy (non-hydrogen) atoms. The Balaban J connectivity index is 1.55. The molecule has 0 aliphatic carbocycles. The van der Waals surface area contributed by atoms with Crippen LogP contribution in [0.1, 0.15) is 17.8 Å². The molecule has 0 saturated heterocycles. The number of hydrogen-bond donors (Lipinski definition) is 2. The Bertz CT molecular complexity index is 1030. The van der Waals surface area contributed by atoms with Crippen molar-refractivity contribution in [2.24, 2.45) is 0 Å². The predicted molar refractivity (Wildman–Crippen MR) is 124 cm³/mol. The van der Waals surface area contributed by atoms with E-state index < -0.39 is 0 Å². The van der Waals surface area contributed by atoms with Gasteiger partial charge in [0.2, 0.25) is 11.8 Å². The summed E-state index contributed by atoms with van der Waals surface area (Å²) in [6, 6.07) is 17.0. The van der Waals surface area contributed by atoms with Crippen molar-refractivity contribution in [3.63, 3.8) is 0 Å². The second-order valence-electron chi connectivity index (χ2n) is 6.92. The molecule has 0 fully saturated rings. The molecule has 1 aromatic heterocycles. The highest BCUT2D eigenvalue weighted by molar-refractivity contribution is 7.99. The number of hydrogen-bond acceptors (Lipinski definition) is 5. The van der Waals surface area contributed by atoms with E-state index in [-0.39, 0.29) is 24.0 Å². The van der Waals surface area contributed by atoms with Crippen LogP contribution in [0.5, 0.6) is 0 Å². The Kier molecular flexibility index (Phi) is 8.00. The maximum atomic E-state index is 12.3. The standard InChI is InChI=1S/C23H25N5O2S/c1-3-15-28-20(13-14-21(29)24-18-7-5-4-6-8-18)26-27-23(28)31-16-22(30)25-19-11-9-17(2)10-12-19/h3-12H,1,13-16H2,2H3,(H,24,29)(H,25,30). The summed E-state index contributed by atoms with van der Waals surface area (Å²) in [6.07, 6.45) is 2.46. The minimum atomic E-state index is -0.120. The van der Waals surface area contributed by atoms with Crippen LogP contribution in [0.25, 0.3) is 0 Å². The van der Waals surface area contributed by atoms with Gasteiger partial charge in [0.25, 0.3) is 0 Å². The van der Waals surface area contributed by atoms with E-state index in [1.165, 1.54) is 11.8 Å². The summed E-state index contributed by atoms with van der Waals surface area (Å²) in [5, 5.41) is 14.8. The van der Waals surface area contributed by atoms with Crippen molar-refractivity contribution in [2.75, 3.05) is 16.4 Å². The summed E-state index contributed by atoms with van der Waals surface area (Å²) in [5.74, 6) is 0.679. The zero-order valence-electron chi connectivity index (χ0n) is 17.4. The largest absolute Gasteiger partial charge is 0.326 e. The van der Waals surface area contributed by atoms with Gasteiger partial charge in [-0.1, -0.05) is 53.7 Å². The summed E-state index contributed by atoms with van der Waals surface area (Å²) in [4.78, 5) is 24.5. The highest BCUT2D eigenvalue weighted by Crippen LogP contribution is 2.19. The lowest BCUT2D eigenvalue weighted by Gasteiger charge is -2.09. The molecule has 2 aromatic carbocycles. The monoisotopic (exact) mass is 435 g/mol. The van der Waals surface area contributed by atoms with E-state index in [9.17, 15) is 9.59 Å². The van der Waals surface area contributed by atoms with Gasteiger partial charge in [-0.3, -0.25) is 9.59 Å². The van der Waals surface area contributed by atoms with E-state index in [4.69, 9.17) is 0 Å². The molecule has 8 heteroatoms. The zero-order valence-corrected chi connectivity index (χ0v) is 18.2. The molecule has 0 aliphatic rings. The van der Waals surface area contributed by atoms with Crippen molar-refractivity contribution in [3.8, 4) is 0 Å². The molecule has 0 aliphatic heterocycles. The van der Waals surface area contributed by atoms with Crippen LogP contribution in [0.3, 0.4) is 0 Å². The topological polar surface area (TPSA) is 88.9 Å². The van der Waals surface area contributed by atoms with Gasteiger partial charge in [0, 0.05) is 30.8 Å². The smallest absolute Gasteiger partial charge is 0.234 e. The van der Waals surface area contributed by atoms with Gasteiger partial charge < -0.3 is 15.2 Å². The molecule has 0 saturated carbocycles. The number of aromatic nitrogens is 3.